The highest BCUT2D eigenvalue weighted by molar-refractivity contribution is 7.22. The average molecular weight is 529 g/mol. The molecule has 1 aliphatic rings. The van der Waals surface area contributed by atoms with Crippen LogP contribution in [0.25, 0.3) is 16.0 Å². The molecule has 38 heavy (non-hydrogen) atoms. The van der Waals surface area contributed by atoms with Gasteiger partial charge in [0.1, 0.15) is 17.3 Å². The van der Waals surface area contributed by atoms with Crippen LogP contribution in [0.5, 0.6) is 11.5 Å². The maximum Gasteiger partial charge on any atom is 0.301 e. The van der Waals surface area contributed by atoms with Crippen molar-refractivity contribution in [2.45, 2.75) is 33.7 Å². The maximum absolute atomic E-state index is 13.6. The van der Waals surface area contributed by atoms with Gasteiger partial charge in [0.25, 0.3) is 5.78 Å². The molecule has 194 valence electrons. The number of thiazole rings is 1. The van der Waals surface area contributed by atoms with Crippen LogP contribution < -0.4 is 14.4 Å². The number of hydrogen-bond donors (Lipinski definition) is 1. The Labute approximate surface area is 225 Å². The summed E-state index contributed by atoms with van der Waals surface area (Å²) in [6, 6.07) is 17.5. The molecule has 0 aliphatic carbocycles. The van der Waals surface area contributed by atoms with Crippen LogP contribution in [0, 0.1) is 13.8 Å². The Morgan fingerprint density at radius 2 is 1.63 bits per heavy atom. The van der Waals surface area contributed by atoms with Crippen molar-refractivity contribution in [1.82, 2.24) is 4.98 Å². The molecule has 2 heterocycles. The minimum Gasteiger partial charge on any atom is -0.507 e. The highest BCUT2D eigenvalue weighted by atomic mass is 32.1. The zero-order chi connectivity index (χ0) is 27.0. The van der Waals surface area contributed by atoms with Crippen molar-refractivity contribution in [3.63, 3.8) is 0 Å². The van der Waals surface area contributed by atoms with Gasteiger partial charge in [-0.15, -0.1) is 0 Å². The van der Waals surface area contributed by atoms with Crippen LogP contribution in [0.2, 0.25) is 0 Å². The van der Waals surface area contributed by atoms with E-state index in [1.165, 1.54) is 16.2 Å². The van der Waals surface area contributed by atoms with Gasteiger partial charge in [-0.3, -0.25) is 14.5 Å². The van der Waals surface area contributed by atoms with Gasteiger partial charge in [-0.25, -0.2) is 4.98 Å². The van der Waals surface area contributed by atoms with Gasteiger partial charge in [0.05, 0.1) is 35.0 Å². The molecule has 0 saturated carbocycles. The second-order valence-corrected chi connectivity index (χ2v) is 10.1. The van der Waals surface area contributed by atoms with E-state index in [1.807, 2.05) is 76.2 Å². The first-order chi connectivity index (χ1) is 18.3. The van der Waals surface area contributed by atoms with Crippen LogP contribution in [0.15, 0.2) is 66.2 Å². The fourth-order valence-corrected chi connectivity index (χ4v) is 5.67. The average Bonchev–Trinajstić information content (AvgIpc) is 3.43. The van der Waals surface area contributed by atoms with Crippen LogP contribution in [0.1, 0.15) is 42.1 Å². The number of carbonyl (C=O) groups excluding carboxylic acids is 2. The van der Waals surface area contributed by atoms with Crippen molar-refractivity contribution in [2.75, 3.05) is 18.1 Å². The Morgan fingerprint density at radius 3 is 2.34 bits per heavy atom. The quantitative estimate of drug-likeness (QED) is 0.171. The van der Waals surface area contributed by atoms with Gasteiger partial charge in [-0.2, -0.15) is 0 Å². The van der Waals surface area contributed by atoms with E-state index in [4.69, 9.17) is 9.47 Å². The van der Waals surface area contributed by atoms with E-state index >= 15 is 0 Å². The summed E-state index contributed by atoms with van der Waals surface area (Å²) in [6.45, 7) is 8.63. The molecule has 1 N–H and O–H groups in total. The number of amides is 1. The second-order valence-electron chi connectivity index (χ2n) is 9.05. The van der Waals surface area contributed by atoms with E-state index in [-0.39, 0.29) is 11.3 Å². The van der Waals surface area contributed by atoms with Gasteiger partial charge in [-0.1, -0.05) is 41.2 Å². The van der Waals surface area contributed by atoms with Crippen molar-refractivity contribution in [2.24, 2.45) is 0 Å². The molecule has 1 atom stereocenters. The molecule has 5 rings (SSSR count). The summed E-state index contributed by atoms with van der Waals surface area (Å²) in [7, 11) is 0. The van der Waals surface area contributed by atoms with Crippen LogP contribution in [-0.2, 0) is 9.59 Å². The Hall–Kier alpha value is -4.17. The Balaban J connectivity index is 1.70. The van der Waals surface area contributed by atoms with Crippen molar-refractivity contribution < 1.29 is 24.2 Å². The molecule has 1 unspecified atom stereocenters. The van der Waals surface area contributed by atoms with E-state index in [0.717, 1.165) is 15.8 Å². The normalized spacial score (nSPS) is 16.8. The van der Waals surface area contributed by atoms with Gasteiger partial charge in [0.2, 0.25) is 0 Å². The standard InChI is InChI=1S/C30H28N2O5S/c1-5-36-20-11-9-19(10-12-20)26-25(27(33)22-15-17(3)7-8-18(22)4)28(34)29(35)32(26)30-31-23-14-13-21(37-6-2)16-24(23)38-30/h7-16,26,33H,5-6H2,1-4H3/b27-25+. The van der Waals surface area contributed by atoms with Gasteiger partial charge in [0.15, 0.2) is 5.13 Å². The fraction of sp³-hybridized carbons (Fsp3) is 0.233. The third-order valence-electron chi connectivity index (χ3n) is 6.47. The third kappa shape index (κ3) is 4.52. The van der Waals surface area contributed by atoms with Crippen molar-refractivity contribution in [3.05, 3.63) is 88.5 Å². The number of fused-ring (bicyclic) bond motifs is 1. The number of rotatable bonds is 7. The largest absolute Gasteiger partial charge is 0.507 e. The van der Waals surface area contributed by atoms with Gasteiger partial charge >= 0.3 is 5.91 Å². The molecule has 3 aromatic carbocycles. The summed E-state index contributed by atoms with van der Waals surface area (Å²) in [4.78, 5) is 33.2. The predicted molar refractivity (Wildman–Crippen MR) is 149 cm³/mol. The molecule has 7 nitrogen and oxygen atoms in total. The molecule has 8 heteroatoms. The van der Waals surface area contributed by atoms with Crippen molar-refractivity contribution in [3.8, 4) is 11.5 Å². The molecule has 1 aromatic heterocycles. The fourth-order valence-electron chi connectivity index (χ4n) is 4.65. The molecule has 1 fully saturated rings. The van der Waals surface area contributed by atoms with Crippen LogP contribution in [-0.4, -0.2) is 35.0 Å². The number of anilines is 1. The highest BCUT2D eigenvalue weighted by Crippen LogP contribution is 2.45. The Bertz CT molecular complexity index is 1570. The summed E-state index contributed by atoms with van der Waals surface area (Å²) >= 11 is 1.30. The Kier molecular flexibility index (Phi) is 6.91. The monoisotopic (exact) mass is 528 g/mol. The van der Waals surface area contributed by atoms with Crippen LogP contribution in [0.3, 0.4) is 0 Å². The molecule has 1 amide bonds. The summed E-state index contributed by atoms with van der Waals surface area (Å²) in [5.74, 6) is -0.316. The number of aromatic nitrogens is 1. The van der Waals surface area contributed by atoms with E-state index in [9.17, 15) is 14.7 Å². The first-order valence-corrected chi connectivity index (χ1v) is 13.3. The number of nitrogens with zero attached hydrogens (tertiary/aromatic N) is 2. The number of aliphatic hydroxyl groups excluding tert-OH is 1. The SMILES string of the molecule is CCOc1ccc(C2/C(=C(\O)c3cc(C)ccc3C)C(=O)C(=O)N2c2nc3ccc(OCC)cc3s2)cc1. The smallest absolute Gasteiger partial charge is 0.301 e. The lowest BCUT2D eigenvalue weighted by Gasteiger charge is -2.23. The molecule has 1 saturated heterocycles. The molecule has 0 spiro atoms. The molecular weight excluding hydrogens is 500 g/mol. The Morgan fingerprint density at radius 1 is 0.947 bits per heavy atom. The minimum absolute atomic E-state index is 0.0297. The number of Topliss-reactive ketones (excluding diaryl/α,β-unsaturated/α-hetero) is 1. The molecule has 4 aromatic rings. The molecule has 1 aliphatic heterocycles. The second kappa shape index (κ2) is 10.3. The molecular formula is C30H28N2O5S. The molecule has 0 bridgehead atoms. The lowest BCUT2D eigenvalue weighted by Crippen LogP contribution is -2.29. The van der Waals surface area contributed by atoms with Gasteiger partial charge < -0.3 is 14.6 Å². The summed E-state index contributed by atoms with van der Waals surface area (Å²) in [5.41, 5.74) is 3.63. The summed E-state index contributed by atoms with van der Waals surface area (Å²) < 4.78 is 12.0. The first-order valence-electron chi connectivity index (χ1n) is 12.5. The van der Waals surface area contributed by atoms with E-state index in [0.29, 0.717) is 46.5 Å². The van der Waals surface area contributed by atoms with E-state index < -0.39 is 17.7 Å². The number of ketones is 1. The van der Waals surface area contributed by atoms with Crippen molar-refractivity contribution in [1.29, 1.82) is 0 Å². The number of aryl methyl sites for hydroxylation is 2. The minimum atomic E-state index is -0.863. The number of carbonyl (C=O) groups is 2. The number of ether oxygens (including phenoxy) is 2. The highest BCUT2D eigenvalue weighted by Gasteiger charge is 2.48. The maximum atomic E-state index is 13.6. The summed E-state index contributed by atoms with van der Waals surface area (Å²) in [6.07, 6.45) is 0. The zero-order valence-corrected chi connectivity index (χ0v) is 22.5. The lowest BCUT2D eigenvalue weighted by atomic mass is 9.93. The van der Waals surface area contributed by atoms with Crippen LogP contribution in [0.4, 0.5) is 5.13 Å². The van der Waals surface area contributed by atoms with Gasteiger partial charge in [0, 0.05) is 5.56 Å². The topological polar surface area (TPSA) is 89.0 Å². The molecule has 0 radical (unpaired) electrons. The summed E-state index contributed by atoms with van der Waals surface area (Å²) in [5, 5.41) is 11.9. The van der Waals surface area contributed by atoms with Crippen molar-refractivity contribution >= 4 is 44.1 Å². The number of aliphatic hydroxyl groups is 1. The number of hydrogen-bond acceptors (Lipinski definition) is 7. The lowest BCUT2D eigenvalue weighted by molar-refractivity contribution is -0.132. The number of benzene rings is 3. The van der Waals surface area contributed by atoms with Crippen LogP contribution >= 0.6 is 11.3 Å². The zero-order valence-electron chi connectivity index (χ0n) is 21.6. The van der Waals surface area contributed by atoms with E-state index in [1.54, 1.807) is 12.1 Å². The first kappa shape index (κ1) is 25.5. The van der Waals surface area contributed by atoms with Gasteiger partial charge in [-0.05, 0) is 75.2 Å². The third-order valence-corrected chi connectivity index (χ3v) is 7.48. The van der Waals surface area contributed by atoms with E-state index in [2.05, 4.69) is 4.98 Å². The predicted octanol–water partition coefficient (Wildman–Crippen LogP) is 6.34.